The standard InChI is InChI=1S/C7H8N2O2/c8-7(11-5-10)6-2-1-3-9-4-6/h1-5,7H,8H2. The van der Waals surface area contributed by atoms with E-state index in [9.17, 15) is 4.79 Å². The number of hydrogen-bond acceptors (Lipinski definition) is 4. The van der Waals surface area contributed by atoms with Crippen molar-refractivity contribution in [2.24, 2.45) is 5.73 Å². The topological polar surface area (TPSA) is 65.2 Å². The predicted octanol–water partition coefficient (Wildman–Crippen LogP) is 0.212. The summed E-state index contributed by atoms with van der Waals surface area (Å²) in [6.07, 6.45) is 2.46. The van der Waals surface area contributed by atoms with Gasteiger partial charge in [-0.2, -0.15) is 0 Å². The van der Waals surface area contributed by atoms with Crippen molar-refractivity contribution < 1.29 is 9.53 Å². The van der Waals surface area contributed by atoms with Crippen molar-refractivity contribution >= 4 is 6.47 Å². The highest BCUT2D eigenvalue weighted by Gasteiger charge is 2.03. The van der Waals surface area contributed by atoms with Crippen LogP contribution in [0.4, 0.5) is 0 Å². The first-order chi connectivity index (χ1) is 5.34. The first-order valence-electron chi connectivity index (χ1n) is 3.09. The maximum Gasteiger partial charge on any atom is 0.294 e. The highest BCUT2D eigenvalue weighted by atomic mass is 16.5. The molecule has 4 heteroatoms. The minimum Gasteiger partial charge on any atom is -0.445 e. The fraction of sp³-hybridized carbons (Fsp3) is 0.143. The Bertz CT molecular complexity index is 225. The van der Waals surface area contributed by atoms with E-state index >= 15 is 0 Å². The molecule has 0 bridgehead atoms. The Balaban J connectivity index is 2.68. The smallest absolute Gasteiger partial charge is 0.294 e. The summed E-state index contributed by atoms with van der Waals surface area (Å²) in [5.41, 5.74) is 6.09. The van der Waals surface area contributed by atoms with E-state index in [0.717, 1.165) is 0 Å². The van der Waals surface area contributed by atoms with E-state index in [-0.39, 0.29) is 0 Å². The van der Waals surface area contributed by atoms with Gasteiger partial charge in [0.2, 0.25) is 0 Å². The molecule has 0 fully saturated rings. The average Bonchev–Trinajstić information content (AvgIpc) is 2.07. The van der Waals surface area contributed by atoms with Crippen molar-refractivity contribution in [3.8, 4) is 0 Å². The van der Waals surface area contributed by atoms with Gasteiger partial charge in [-0.25, -0.2) is 0 Å². The number of carbonyl (C=O) groups excluding carboxylic acids is 1. The zero-order valence-electron chi connectivity index (χ0n) is 5.81. The Hall–Kier alpha value is -1.42. The zero-order valence-corrected chi connectivity index (χ0v) is 5.81. The molecular weight excluding hydrogens is 144 g/mol. The molecule has 1 aromatic heterocycles. The van der Waals surface area contributed by atoms with Gasteiger partial charge < -0.3 is 4.74 Å². The van der Waals surface area contributed by atoms with Crippen molar-refractivity contribution in [2.75, 3.05) is 0 Å². The van der Waals surface area contributed by atoms with Gasteiger partial charge in [-0.1, -0.05) is 6.07 Å². The molecule has 1 atom stereocenters. The minimum absolute atomic E-state index is 0.317. The second kappa shape index (κ2) is 3.68. The number of ether oxygens (including phenoxy) is 1. The van der Waals surface area contributed by atoms with Crippen molar-refractivity contribution in [3.63, 3.8) is 0 Å². The number of nitrogens with zero attached hydrogens (tertiary/aromatic N) is 1. The predicted molar refractivity (Wildman–Crippen MR) is 38.3 cm³/mol. The van der Waals surface area contributed by atoms with Crippen molar-refractivity contribution in [3.05, 3.63) is 30.1 Å². The summed E-state index contributed by atoms with van der Waals surface area (Å²) < 4.78 is 4.49. The first kappa shape index (κ1) is 7.68. The maximum atomic E-state index is 9.87. The highest BCUT2D eigenvalue weighted by Crippen LogP contribution is 2.06. The zero-order chi connectivity index (χ0) is 8.10. The summed E-state index contributed by atoms with van der Waals surface area (Å²) >= 11 is 0. The monoisotopic (exact) mass is 152 g/mol. The number of rotatable bonds is 3. The van der Waals surface area contributed by atoms with Crippen molar-refractivity contribution in [2.45, 2.75) is 6.23 Å². The van der Waals surface area contributed by atoms with Gasteiger partial charge in [-0.15, -0.1) is 0 Å². The molecule has 1 aromatic rings. The molecule has 58 valence electrons. The van der Waals surface area contributed by atoms with Gasteiger partial charge in [-0.3, -0.25) is 15.5 Å². The fourth-order valence-electron chi connectivity index (χ4n) is 0.683. The van der Waals surface area contributed by atoms with Crippen LogP contribution in [0, 0.1) is 0 Å². The molecule has 0 aliphatic heterocycles. The minimum atomic E-state index is -0.707. The van der Waals surface area contributed by atoms with Gasteiger partial charge in [-0.05, 0) is 6.07 Å². The maximum absolute atomic E-state index is 9.87. The van der Waals surface area contributed by atoms with Gasteiger partial charge in [0.1, 0.15) is 0 Å². The molecule has 0 spiro atoms. The van der Waals surface area contributed by atoms with Gasteiger partial charge >= 0.3 is 0 Å². The molecule has 0 amide bonds. The van der Waals surface area contributed by atoms with Crippen LogP contribution < -0.4 is 5.73 Å². The van der Waals surface area contributed by atoms with E-state index < -0.39 is 6.23 Å². The summed E-state index contributed by atoms with van der Waals surface area (Å²) in [5, 5.41) is 0. The van der Waals surface area contributed by atoms with Crippen molar-refractivity contribution in [1.29, 1.82) is 0 Å². The molecule has 1 heterocycles. The van der Waals surface area contributed by atoms with Crippen LogP contribution in [-0.2, 0) is 9.53 Å². The number of hydrogen-bond donors (Lipinski definition) is 1. The normalized spacial score (nSPS) is 12.1. The number of pyridine rings is 1. The van der Waals surface area contributed by atoms with Gasteiger partial charge in [0.25, 0.3) is 6.47 Å². The van der Waals surface area contributed by atoms with Crippen LogP contribution in [0.5, 0.6) is 0 Å². The van der Waals surface area contributed by atoms with Crippen molar-refractivity contribution in [1.82, 2.24) is 4.98 Å². The van der Waals surface area contributed by atoms with Gasteiger partial charge in [0.15, 0.2) is 6.23 Å². The second-order valence-electron chi connectivity index (χ2n) is 1.94. The largest absolute Gasteiger partial charge is 0.445 e. The Kier molecular flexibility index (Phi) is 2.57. The molecule has 0 saturated heterocycles. The van der Waals surface area contributed by atoms with E-state index in [4.69, 9.17) is 5.73 Å². The third kappa shape index (κ3) is 2.01. The van der Waals surface area contributed by atoms with Crippen LogP contribution in [-0.4, -0.2) is 11.5 Å². The molecule has 0 saturated carbocycles. The number of aromatic nitrogens is 1. The SMILES string of the molecule is NC(OC=O)c1cccnc1. The molecule has 0 radical (unpaired) electrons. The van der Waals surface area contributed by atoms with Gasteiger partial charge in [0, 0.05) is 18.0 Å². The van der Waals surface area contributed by atoms with Crippen LogP contribution in [0.2, 0.25) is 0 Å². The summed E-state index contributed by atoms with van der Waals surface area (Å²) in [4.78, 5) is 13.7. The van der Waals surface area contributed by atoms with Crippen LogP contribution >= 0.6 is 0 Å². The second-order valence-corrected chi connectivity index (χ2v) is 1.94. The fourth-order valence-corrected chi connectivity index (χ4v) is 0.683. The Morgan fingerprint density at radius 2 is 2.55 bits per heavy atom. The Labute approximate surface area is 64.0 Å². The van der Waals surface area contributed by atoms with Gasteiger partial charge in [0.05, 0.1) is 0 Å². The van der Waals surface area contributed by atoms with E-state index in [1.165, 1.54) is 0 Å². The van der Waals surface area contributed by atoms with Crippen LogP contribution in [0.3, 0.4) is 0 Å². The average molecular weight is 152 g/mol. The molecule has 4 nitrogen and oxygen atoms in total. The van der Waals surface area contributed by atoms with E-state index in [2.05, 4.69) is 9.72 Å². The summed E-state index contributed by atoms with van der Waals surface area (Å²) in [6.45, 7) is 0.317. The van der Waals surface area contributed by atoms with Crippen LogP contribution in [0.25, 0.3) is 0 Å². The lowest BCUT2D eigenvalue weighted by Crippen LogP contribution is -2.13. The number of nitrogens with two attached hydrogens (primary N) is 1. The third-order valence-corrected chi connectivity index (χ3v) is 1.22. The first-order valence-corrected chi connectivity index (χ1v) is 3.09. The third-order valence-electron chi connectivity index (χ3n) is 1.22. The summed E-state index contributed by atoms with van der Waals surface area (Å²) in [7, 11) is 0. The van der Waals surface area contributed by atoms with Crippen LogP contribution in [0.1, 0.15) is 11.8 Å². The lowest BCUT2D eigenvalue weighted by molar-refractivity contribution is -0.133. The summed E-state index contributed by atoms with van der Waals surface area (Å²) in [5.74, 6) is 0. The molecule has 0 aliphatic carbocycles. The van der Waals surface area contributed by atoms with E-state index in [1.54, 1.807) is 24.5 Å². The van der Waals surface area contributed by atoms with Crippen LogP contribution in [0.15, 0.2) is 24.5 Å². The molecule has 1 unspecified atom stereocenters. The highest BCUT2D eigenvalue weighted by molar-refractivity contribution is 5.38. The lowest BCUT2D eigenvalue weighted by Gasteiger charge is -2.07. The van der Waals surface area contributed by atoms with E-state index in [1.807, 2.05) is 0 Å². The molecular formula is C7H8N2O2. The summed E-state index contributed by atoms with van der Waals surface area (Å²) in [6, 6.07) is 3.46. The molecule has 0 aromatic carbocycles. The van der Waals surface area contributed by atoms with E-state index in [0.29, 0.717) is 12.0 Å². The number of carbonyl (C=O) groups is 1. The molecule has 2 N–H and O–H groups in total. The molecule has 11 heavy (non-hydrogen) atoms. The Morgan fingerprint density at radius 3 is 3.09 bits per heavy atom. The molecule has 0 aliphatic rings. The molecule has 1 rings (SSSR count). The Morgan fingerprint density at radius 1 is 1.73 bits per heavy atom. The quantitative estimate of drug-likeness (QED) is 0.496. The lowest BCUT2D eigenvalue weighted by atomic mass is 10.3.